The molecule has 0 bridgehead atoms. The number of nitrogens with zero attached hydrogens (tertiary/aromatic N) is 1. The minimum absolute atomic E-state index is 0.366. The molecule has 0 heterocycles. The Bertz CT molecular complexity index is 402. The van der Waals surface area contributed by atoms with Crippen LogP contribution in [0.25, 0.3) is 0 Å². The summed E-state index contributed by atoms with van der Waals surface area (Å²) in [7, 11) is 0. The topological polar surface area (TPSA) is 23.8 Å². The van der Waals surface area contributed by atoms with E-state index in [1.54, 1.807) is 0 Å². The van der Waals surface area contributed by atoms with E-state index in [1.165, 1.54) is 96.3 Å². The van der Waals surface area contributed by atoms with Crippen molar-refractivity contribution in [3.8, 4) is 6.07 Å². The van der Waals surface area contributed by atoms with Crippen molar-refractivity contribution < 1.29 is 0 Å². The second kappa shape index (κ2) is 13.4. The van der Waals surface area contributed by atoms with E-state index >= 15 is 0 Å². The smallest absolute Gasteiger partial charge is 0.0655 e. The Morgan fingerprint density at radius 1 is 0.769 bits per heavy atom. The fourth-order valence-electron chi connectivity index (χ4n) is 5.05. The van der Waals surface area contributed by atoms with Crippen LogP contribution in [0.2, 0.25) is 0 Å². The molecule has 0 unspecified atom stereocenters. The highest BCUT2D eigenvalue weighted by molar-refractivity contribution is 4.91. The van der Waals surface area contributed by atoms with E-state index in [0.717, 1.165) is 30.6 Å². The first-order valence-electron chi connectivity index (χ1n) is 11.9. The summed E-state index contributed by atoms with van der Waals surface area (Å²) < 4.78 is 0. The van der Waals surface area contributed by atoms with Crippen LogP contribution in [0.15, 0.2) is 12.2 Å². The SMILES string of the molecule is CCCCCCCC/C=C/[C@H]1CC[C@H](CC[C@H]2CC[C@H](C#N)CC2)CC1. The molecule has 0 aromatic carbocycles. The van der Waals surface area contributed by atoms with Crippen LogP contribution in [0.4, 0.5) is 0 Å². The first-order valence-corrected chi connectivity index (χ1v) is 11.9. The van der Waals surface area contributed by atoms with Crippen LogP contribution in [0.5, 0.6) is 0 Å². The second-order valence-corrected chi connectivity index (χ2v) is 9.19. The number of unbranched alkanes of at least 4 members (excludes halogenated alkanes) is 6. The fraction of sp³-hybridized carbons (Fsp3) is 0.880. The van der Waals surface area contributed by atoms with Gasteiger partial charge in [0.25, 0.3) is 0 Å². The Morgan fingerprint density at radius 2 is 1.35 bits per heavy atom. The molecule has 0 saturated heterocycles. The summed E-state index contributed by atoms with van der Waals surface area (Å²) >= 11 is 0. The van der Waals surface area contributed by atoms with Crippen LogP contribution in [-0.4, -0.2) is 0 Å². The molecule has 1 nitrogen and oxygen atoms in total. The molecule has 0 aliphatic heterocycles. The van der Waals surface area contributed by atoms with Gasteiger partial charge in [-0.3, -0.25) is 0 Å². The first kappa shape index (κ1) is 21.5. The molecule has 0 N–H and O–H groups in total. The van der Waals surface area contributed by atoms with Crippen LogP contribution in [-0.2, 0) is 0 Å². The van der Waals surface area contributed by atoms with E-state index in [9.17, 15) is 0 Å². The zero-order valence-corrected chi connectivity index (χ0v) is 17.4. The zero-order chi connectivity index (χ0) is 18.5. The number of hydrogen-bond acceptors (Lipinski definition) is 1. The van der Waals surface area contributed by atoms with Crippen LogP contribution >= 0.6 is 0 Å². The molecule has 26 heavy (non-hydrogen) atoms. The fourth-order valence-corrected chi connectivity index (χ4v) is 5.05. The van der Waals surface area contributed by atoms with Gasteiger partial charge in [0.05, 0.1) is 6.07 Å². The lowest BCUT2D eigenvalue weighted by molar-refractivity contribution is 0.242. The van der Waals surface area contributed by atoms with Crippen molar-refractivity contribution in [1.82, 2.24) is 0 Å². The van der Waals surface area contributed by atoms with Crippen molar-refractivity contribution in [2.45, 2.75) is 116 Å². The lowest BCUT2D eigenvalue weighted by Crippen LogP contribution is -2.17. The van der Waals surface area contributed by atoms with E-state index < -0.39 is 0 Å². The maximum Gasteiger partial charge on any atom is 0.0655 e. The van der Waals surface area contributed by atoms with Gasteiger partial charge in [-0.25, -0.2) is 0 Å². The van der Waals surface area contributed by atoms with Crippen molar-refractivity contribution in [1.29, 1.82) is 5.26 Å². The Morgan fingerprint density at radius 3 is 1.96 bits per heavy atom. The van der Waals surface area contributed by atoms with Gasteiger partial charge in [-0.15, -0.1) is 0 Å². The van der Waals surface area contributed by atoms with Gasteiger partial charge in [-0.05, 0) is 82.0 Å². The molecular weight excluding hydrogens is 314 g/mol. The molecule has 2 rings (SSSR count). The predicted molar refractivity (Wildman–Crippen MR) is 113 cm³/mol. The van der Waals surface area contributed by atoms with E-state index in [0.29, 0.717) is 5.92 Å². The highest BCUT2D eigenvalue weighted by Crippen LogP contribution is 2.36. The molecule has 0 atom stereocenters. The van der Waals surface area contributed by atoms with Crippen molar-refractivity contribution in [3.63, 3.8) is 0 Å². The first-order chi connectivity index (χ1) is 12.8. The second-order valence-electron chi connectivity index (χ2n) is 9.19. The summed E-state index contributed by atoms with van der Waals surface area (Å²) in [5, 5.41) is 9.02. The summed E-state index contributed by atoms with van der Waals surface area (Å²) in [4.78, 5) is 0. The Hall–Kier alpha value is -0.770. The maximum atomic E-state index is 9.02. The minimum atomic E-state index is 0.366. The molecule has 0 aromatic heterocycles. The van der Waals surface area contributed by atoms with E-state index in [2.05, 4.69) is 25.1 Å². The lowest BCUT2D eigenvalue weighted by atomic mass is 9.76. The van der Waals surface area contributed by atoms with Gasteiger partial charge in [0.15, 0.2) is 0 Å². The summed E-state index contributed by atoms with van der Waals surface area (Å²) in [5.41, 5.74) is 0. The molecular formula is C25H43N. The van der Waals surface area contributed by atoms with E-state index in [-0.39, 0.29) is 0 Å². The largest absolute Gasteiger partial charge is 0.198 e. The Balaban J connectivity index is 1.47. The quantitative estimate of drug-likeness (QED) is 0.270. The molecule has 0 spiro atoms. The highest BCUT2D eigenvalue weighted by Gasteiger charge is 2.23. The van der Waals surface area contributed by atoms with Crippen LogP contribution in [0.1, 0.15) is 116 Å². The molecule has 0 aromatic rings. The number of rotatable bonds is 11. The van der Waals surface area contributed by atoms with Gasteiger partial charge in [-0.2, -0.15) is 5.26 Å². The molecule has 148 valence electrons. The highest BCUT2D eigenvalue weighted by atomic mass is 14.3. The summed E-state index contributed by atoms with van der Waals surface area (Å²) in [6.45, 7) is 2.29. The number of allylic oxidation sites excluding steroid dienone is 2. The minimum Gasteiger partial charge on any atom is -0.198 e. The van der Waals surface area contributed by atoms with Crippen LogP contribution in [0.3, 0.4) is 0 Å². The van der Waals surface area contributed by atoms with Gasteiger partial charge < -0.3 is 0 Å². The van der Waals surface area contributed by atoms with E-state index in [1.807, 2.05) is 0 Å². The maximum absolute atomic E-state index is 9.02. The van der Waals surface area contributed by atoms with Gasteiger partial charge in [-0.1, -0.05) is 64.0 Å². The average molecular weight is 358 g/mol. The van der Waals surface area contributed by atoms with Gasteiger partial charge in [0.2, 0.25) is 0 Å². The Kier molecular flexibility index (Phi) is 11.1. The summed E-state index contributed by atoms with van der Waals surface area (Å²) in [5.74, 6) is 3.16. The third kappa shape index (κ3) is 8.75. The monoisotopic (exact) mass is 357 g/mol. The van der Waals surface area contributed by atoms with E-state index in [4.69, 9.17) is 5.26 Å². The third-order valence-electron chi connectivity index (χ3n) is 7.04. The zero-order valence-electron chi connectivity index (χ0n) is 17.4. The van der Waals surface area contributed by atoms with Gasteiger partial charge in [0.1, 0.15) is 0 Å². The third-order valence-corrected chi connectivity index (χ3v) is 7.04. The lowest BCUT2D eigenvalue weighted by Gasteiger charge is -2.30. The predicted octanol–water partition coefficient (Wildman–Crippen LogP) is 8.21. The van der Waals surface area contributed by atoms with Gasteiger partial charge in [0, 0.05) is 5.92 Å². The molecule has 0 radical (unpaired) electrons. The average Bonchev–Trinajstić information content (AvgIpc) is 2.69. The van der Waals surface area contributed by atoms with Gasteiger partial charge >= 0.3 is 0 Å². The molecule has 1 heteroatoms. The number of nitriles is 1. The van der Waals surface area contributed by atoms with Crippen molar-refractivity contribution in [3.05, 3.63) is 12.2 Å². The Labute approximate surface area is 163 Å². The summed E-state index contributed by atoms with van der Waals surface area (Å²) in [6, 6.07) is 2.46. The number of hydrogen-bond donors (Lipinski definition) is 0. The molecule has 2 saturated carbocycles. The normalized spacial score (nSPS) is 29.7. The van der Waals surface area contributed by atoms with Crippen LogP contribution < -0.4 is 0 Å². The van der Waals surface area contributed by atoms with Crippen molar-refractivity contribution in [2.24, 2.45) is 23.7 Å². The molecule has 2 aliphatic rings. The van der Waals surface area contributed by atoms with Crippen molar-refractivity contribution in [2.75, 3.05) is 0 Å². The van der Waals surface area contributed by atoms with Crippen molar-refractivity contribution >= 4 is 0 Å². The molecule has 2 fully saturated rings. The van der Waals surface area contributed by atoms with Crippen LogP contribution in [0, 0.1) is 35.0 Å². The standard InChI is InChI=1S/C25H43N/c1-2-3-4-5-6-7-8-9-10-22-11-13-23(14-12-22)15-16-24-17-19-25(21-26)20-18-24/h9-10,22-25H,2-8,11-20H2,1H3/b10-9+/t22-,23-,24-,25-. The molecule has 2 aliphatic carbocycles. The molecule has 0 amide bonds. The summed E-state index contributed by atoms with van der Waals surface area (Å²) in [6.07, 6.45) is 28.4.